The number of hydrogen-bond acceptors (Lipinski definition) is 4. The molecule has 2 unspecified atom stereocenters. The lowest BCUT2D eigenvalue weighted by Crippen LogP contribution is -2.33. The molecule has 2 atom stereocenters. The summed E-state index contributed by atoms with van der Waals surface area (Å²) in [6, 6.07) is 2.16. The van der Waals surface area contributed by atoms with Crippen molar-refractivity contribution < 1.29 is 17.9 Å². The number of hydrogen-bond donors (Lipinski definition) is 3. The quantitative estimate of drug-likeness (QED) is 0.732. The van der Waals surface area contributed by atoms with Gasteiger partial charge in [0.25, 0.3) is 0 Å². The van der Waals surface area contributed by atoms with Gasteiger partial charge in [-0.3, -0.25) is 0 Å². The Balaban J connectivity index is 2.18. The minimum atomic E-state index is -4.05. The molecular weight excluding hydrogens is 307 g/mol. The van der Waals surface area contributed by atoms with Gasteiger partial charge in [-0.2, -0.15) is 0 Å². The molecule has 0 aliphatic heterocycles. The Hall–Kier alpha value is -0.890. The topological polar surface area (TPSA) is 92.4 Å². The van der Waals surface area contributed by atoms with Crippen LogP contribution in [0.15, 0.2) is 17.0 Å². The smallest absolute Gasteiger partial charge is 0.243 e. The van der Waals surface area contributed by atoms with Gasteiger partial charge < -0.3 is 10.8 Å². The van der Waals surface area contributed by atoms with Crippen molar-refractivity contribution in [3.8, 4) is 0 Å². The number of nitrogens with one attached hydrogen (secondary N) is 1. The molecule has 1 aromatic carbocycles. The molecule has 0 amide bonds. The Morgan fingerprint density at radius 1 is 1.45 bits per heavy atom. The molecule has 5 nitrogen and oxygen atoms in total. The first-order valence-corrected chi connectivity index (χ1v) is 8.09. The molecule has 0 heterocycles. The van der Waals surface area contributed by atoms with E-state index in [4.69, 9.17) is 17.3 Å². The van der Waals surface area contributed by atoms with Gasteiger partial charge in [-0.15, -0.1) is 0 Å². The summed E-state index contributed by atoms with van der Waals surface area (Å²) in [6.07, 6.45) is 1.73. The Kier molecular flexibility index (Phi) is 4.53. The molecule has 1 aliphatic carbocycles. The second-order valence-corrected chi connectivity index (χ2v) is 7.09. The molecule has 0 saturated heterocycles. The maximum Gasteiger partial charge on any atom is 0.243 e. The molecule has 1 aliphatic rings. The normalized spacial score (nSPS) is 23.1. The molecular formula is C12H16ClFN2O3S. The third-order valence-corrected chi connectivity index (χ3v) is 5.12. The predicted octanol–water partition coefficient (Wildman–Crippen LogP) is 1.50. The van der Waals surface area contributed by atoms with Gasteiger partial charge in [0.1, 0.15) is 4.90 Å². The van der Waals surface area contributed by atoms with Gasteiger partial charge >= 0.3 is 0 Å². The van der Waals surface area contributed by atoms with Crippen LogP contribution in [0, 0.1) is 11.7 Å². The summed E-state index contributed by atoms with van der Waals surface area (Å²) >= 11 is 5.70. The van der Waals surface area contributed by atoms with Crippen LogP contribution in [0.1, 0.15) is 19.3 Å². The van der Waals surface area contributed by atoms with E-state index in [9.17, 15) is 17.9 Å². The van der Waals surface area contributed by atoms with Gasteiger partial charge in [0, 0.05) is 11.6 Å². The highest BCUT2D eigenvalue weighted by Crippen LogP contribution is 2.27. The van der Waals surface area contributed by atoms with Crippen LogP contribution in [0.2, 0.25) is 5.02 Å². The molecule has 1 aromatic rings. The summed E-state index contributed by atoms with van der Waals surface area (Å²) in [5.41, 5.74) is 5.05. The van der Waals surface area contributed by atoms with Crippen molar-refractivity contribution >= 4 is 27.3 Å². The number of nitrogen functional groups attached to an aromatic ring is 1. The Morgan fingerprint density at radius 3 is 2.75 bits per heavy atom. The number of rotatable bonds is 4. The van der Waals surface area contributed by atoms with Crippen LogP contribution in [0.5, 0.6) is 0 Å². The third-order valence-electron chi connectivity index (χ3n) is 3.48. The molecule has 0 aromatic heterocycles. The van der Waals surface area contributed by atoms with Crippen LogP contribution in [0.3, 0.4) is 0 Å². The zero-order valence-corrected chi connectivity index (χ0v) is 12.2. The highest BCUT2D eigenvalue weighted by Gasteiger charge is 2.28. The van der Waals surface area contributed by atoms with E-state index in [1.54, 1.807) is 0 Å². The van der Waals surface area contributed by atoms with Crippen LogP contribution < -0.4 is 10.5 Å². The average Bonchev–Trinajstić information content (AvgIpc) is 2.77. The van der Waals surface area contributed by atoms with E-state index >= 15 is 0 Å². The molecule has 1 fully saturated rings. The molecule has 1 saturated carbocycles. The lowest BCUT2D eigenvalue weighted by Gasteiger charge is -2.16. The second kappa shape index (κ2) is 5.85. The van der Waals surface area contributed by atoms with Crippen LogP contribution in [-0.4, -0.2) is 26.2 Å². The summed E-state index contributed by atoms with van der Waals surface area (Å²) in [7, 11) is -4.05. The van der Waals surface area contributed by atoms with Crippen molar-refractivity contribution in [2.24, 2.45) is 5.92 Å². The molecule has 8 heteroatoms. The van der Waals surface area contributed by atoms with E-state index in [0.29, 0.717) is 6.42 Å². The van der Waals surface area contributed by atoms with E-state index < -0.39 is 26.8 Å². The van der Waals surface area contributed by atoms with Crippen LogP contribution in [0.25, 0.3) is 0 Å². The molecule has 0 bridgehead atoms. The molecule has 0 radical (unpaired) electrons. The first kappa shape index (κ1) is 15.5. The highest BCUT2D eigenvalue weighted by atomic mass is 35.5. The predicted molar refractivity (Wildman–Crippen MR) is 74.4 cm³/mol. The van der Waals surface area contributed by atoms with E-state index in [-0.39, 0.29) is 23.2 Å². The van der Waals surface area contributed by atoms with Crippen molar-refractivity contribution in [2.75, 3.05) is 12.3 Å². The molecule has 112 valence electrons. The number of benzene rings is 1. The van der Waals surface area contributed by atoms with Gasteiger partial charge in [-0.1, -0.05) is 18.0 Å². The number of nitrogens with two attached hydrogens (primary N) is 1. The third kappa shape index (κ3) is 3.22. The first-order chi connectivity index (χ1) is 9.31. The van der Waals surface area contributed by atoms with Gasteiger partial charge in [-0.05, 0) is 30.9 Å². The van der Waals surface area contributed by atoms with E-state index in [0.717, 1.165) is 25.0 Å². The zero-order valence-electron chi connectivity index (χ0n) is 10.6. The van der Waals surface area contributed by atoms with Crippen LogP contribution >= 0.6 is 11.6 Å². The Morgan fingerprint density at radius 2 is 2.15 bits per heavy atom. The number of halogens is 2. The van der Waals surface area contributed by atoms with Crippen molar-refractivity contribution in [3.05, 3.63) is 23.0 Å². The average molecular weight is 323 g/mol. The highest BCUT2D eigenvalue weighted by molar-refractivity contribution is 7.89. The minimum Gasteiger partial charge on any atom is -0.396 e. The Labute approximate surface area is 122 Å². The van der Waals surface area contributed by atoms with Gasteiger partial charge in [-0.25, -0.2) is 17.5 Å². The zero-order chi connectivity index (χ0) is 14.9. The molecule has 20 heavy (non-hydrogen) atoms. The van der Waals surface area contributed by atoms with Crippen LogP contribution in [-0.2, 0) is 10.0 Å². The summed E-state index contributed by atoms with van der Waals surface area (Å²) in [4.78, 5) is -0.574. The molecule has 4 N–H and O–H groups in total. The summed E-state index contributed by atoms with van der Waals surface area (Å²) in [5.74, 6) is -1.17. The fourth-order valence-electron chi connectivity index (χ4n) is 2.33. The number of aliphatic hydroxyl groups excluding tert-OH is 1. The monoisotopic (exact) mass is 322 g/mol. The van der Waals surface area contributed by atoms with Crippen molar-refractivity contribution in [3.63, 3.8) is 0 Å². The van der Waals surface area contributed by atoms with Crippen molar-refractivity contribution in [1.82, 2.24) is 4.72 Å². The van der Waals surface area contributed by atoms with Crippen LogP contribution in [0.4, 0.5) is 10.1 Å². The fourth-order valence-corrected chi connectivity index (χ4v) is 3.85. The van der Waals surface area contributed by atoms with E-state index in [1.165, 1.54) is 0 Å². The lowest BCUT2D eigenvalue weighted by molar-refractivity contribution is 0.134. The minimum absolute atomic E-state index is 0.0465. The largest absolute Gasteiger partial charge is 0.396 e. The number of aliphatic hydroxyl groups is 1. The van der Waals surface area contributed by atoms with Gasteiger partial charge in [0.15, 0.2) is 5.82 Å². The maximum absolute atomic E-state index is 13.8. The lowest BCUT2D eigenvalue weighted by atomic mass is 10.1. The maximum atomic E-state index is 13.8. The van der Waals surface area contributed by atoms with Gasteiger partial charge in [0.05, 0.1) is 11.8 Å². The number of anilines is 1. The Bertz CT molecular complexity index is 609. The first-order valence-electron chi connectivity index (χ1n) is 6.23. The second-order valence-electron chi connectivity index (χ2n) is 4.92. The molecule has 2 rings (SSSR count). The summed E-state index contributed by atoms with van der Waals surface area (Å²) < 4.78 is 40.3. The van der Waals surface area contributed by atoms with Crippen molar-refractivity contribution in [2.45, 2.75) is 30.3 Å². The summed E-state index contributed by atoms with van der Waals surface area (Å²) in [6.45, 7) is 0.0648. The van der Waals surface area contributed by atoms with E-state index in [2.05, 4.69) is 4.72 Å². The SMILES string of the molecule is Nc1cc(Cl)cc(S(=O)(=O)NCC2CCCC2O)c1F. The van der Waals surface area contributed by atoms with E-state index in [1.807, 2.05) is 0 Å². The van der Waals surface area contributed by atoms with Gasteiger partial charge in [0.2, 0.25) is 10.0 Å². The van der Waals surface area contributed by atoms with Crippen molar-refractivity contribution in [1.29, 1.82) is 0 Å². The standard InChI is InChI=1S/C12H16ClFN2O3S/c13-8-4-9(15)12(14)11(5-8)20(18,19)16-6-7-2-1-3-10(7)17/h4-5,7,10,16-17H,1-3,6,15H2. The molecule has 0 spiro atoms. The fraction of sp³-hybridized carbons (Fsp3) is 0.500. The number of sulfonamides is 1. The summed E-state index contributed by atoms with van der Waals surface area (Å²) in [5, 5.41) is 9.70.